The van der Waals surface area contributed by atoms with Crippen molar-refractivity contribution in [1.82, 2.24) is 15.1 Å². The second-order valence-electron chi connectivity index (χ2n) is 5.63. The standard InChI is InChI=1S/C17H15N3O4/c21-14-5-4-10(12-8-23-9-15(12)22)7-11(14)17-19-16(20-24-17)13-3-1-2-6-18-13/h1-7,12,15,21-22H,8-9H2/t12-,15?/m0/s1. The van der Waals surface area contributed by atoms with Gasteiger partial charge in [-0.3, -0.25) is 4.98 Å². The van der Waals surface area contributed by atoms with Crippen molar-refractivity contribution < 1.29 is 19.5 Å². The Kier molecular flexibility index (Phi) is 3.72. The van der Waals surface area contributed by atoms with Crippen molar-refractivity contribution in [2.24, 2.45) is 0 Å². The summed E-state index contributed by atoms with van der Waals surface area (Å²) in [6, 6.07) is 10.5. The fourth-order valence-corrected chi connectivity index (χ4v) is 2.75. The van der Waals surface area contributed by atoms with E-state index in [1.54, 1.807) is 36.5 Å². The van der Waals surface area contributed by atoms with Gasteiger partial charge in [0.2, 0.25) is 5.82 Å². The molecule has 7 nitrogen and oxygen atoms in total. The van der Waals surface area contributed by atoms with Gasteiger partial charge in [0.25, 0.3) is 5.89 Å². The molecule has 0 bridgehead atoms. The van der Waals surface area contributed by atoms with Crippen LogP contribution < -0.4 is 0 Å². The molecule has 1 aromatic carbocycles. The predicted molar refractivity (Wildman–Crippen MR) is 84.2 cm³/mol. The van der Waals surface area contributed by atoms with Gasteiger partial charge in [0, 0.05) is 12.1 Å². The number of phenols is 1. The van der Waals surface area contributed by atoms with Crippen LogP contribution in [0, 0.1) is 0 Å². The van der Waals surface area contributed by atoms with Crippen molar-refractivity contribution in [3.63, 3.8) is 0 Å². The summed E-state index contributed by atoms with van der Waals surface area (Å²) < 4.78 is 10.6. The summed E-state index contributed by atoms with van der Waals surface area (Å²) in [4.78, 5) is 8.48. The summed E-state index contributed by atoms with van der Waals surface area (Å²) in [5.41, 5.74) is 1.86. The number of pyridine rings is 1. The number of aliphatic hydroxyl groups excluding tert-OH is 1. The monoisotopic (exact) mass is 325 g/mol. The van der Waals surface area contributed by atoms with Crippen LogP contribution in [0.25, 0.3) is 23.0 Å². The van der Waals surface area contributed by atoms with Gasteiger partial charge in [-0.05, 0) is 29.8 Å². The molecule has 7 heteroatoms. The van der Waals surface area contributed by atoms with Crippen LogP contribution in [0.3, 0.4) is 0 Å². The highest BCUT2D eigenvalue weighted by Gasteiger charge is 2.28. The molecule has 1 unspecified atom stereocenters. The van der Waals surface area contributed by atoms with Gasteiger partial charge < -0.3 is 19.5 Å². The van der Waals surface area contributed by atoms with E-state index in [1.165, 1.54) is 0 Å². The van der Waals surface area contributed by atoms with Crippen LogP contribution in [0.2, 0.25) is 0 Å². The highest BCUT2D eigenvalue weighted by Crippen LogP contribution is 2.34. The van der Waals surface area contributed by atoms with Crippen molar-refractivity contribution >= 4 is 0 Å². The molecule has 0 spiro atoms. The van der Waals surface area contributed by atoms with Crippen molar-refractivity contribution in [2.45, 2.75) is 12.0 Å². The first kappa shape index (κ1) is 14.8. The van der Waals surface area contributed by atoms with Gasteiger partial charge in [-0.2, -0.15) is 4.98 Å². The molecule has 1 fully saturated rings. The number of ether oxygens (including phenoxy) is 1. The Bertz CT molecular complexity index is 850. The molecule has 0 aliphatic carbocycles. The van der Waals surface area contributed by atoms with E-state index in [2.05, 4.69) is 15.1 Å². The van der Waals surface area contributed by atoms with Crippen LogP contribution in [0.15, 0.2) is 47.1 Å². The lowest BCUT2D eigenvalue weighted by Gasteiger charge is -2.13. The summed E-state index contributed by atoms with van der Waals surface area (Å²) in [6.45, 7) is 0.750. The molecule has 0 amide bonds. The van der Waals surface area contributed by atoms with Crippen LogP contribution in [-0.2, 0) is 4.74 Å². The highest BCUT2D eigenvalue weighted by atomic mass is 16.5. The molecule has 4 rings (SSSR count). The number of phenolic OH excluding ortho intramolecular Hbond substituents is 1. The van der Waals surface area contributed by atoms with Gasteiger partial charge in [-0.25, -0.2) is 0 Å². The molecule has 1 aliphatic rings. The Morgan fingerprint density at radius 1 is 1.12 bits per heavy atom. The normalized spacial score (nSPS) is 20.4. The molecule has 0 radical (unpaired) electrons. The SMILES string of the molecule is Oc1ccc([C@@H]2COCC2O)cc1-c1nc(-c2ccccn2)no1. The topological polar surface area (TPSA) is 102 Å². The minimum absolute atomic E-state index is 0.0309. The molecule has 2 aromatic heterocycles. The molecule has 1 aliphatic heterocycles. The van der Waals surface area contributed by atoms with E-state index in [0.717, 1.165) is 5.56 Å². The number of aromatic nitrogens is 3. The summed E-state index contributed by atoms with van der Waals surface area (Å²) in [5.74, 6) is 0.439. The van der Waals surface area contributed by atoms with E-state index >= 15 is 0 Å². The second-order valence-corrected chi connectivity index (χ2v) is 5.63. The number of aliphatic hydroxyl groups is 1. The molecular formula is C17H15N3O4. The first-order chi connectivity index (χ1) is 11.7. The first-order valence-corrected chi connectivity index (χ1v) is 7.56. The Hall–Kier alpha value is -2.77. The third kappa shape index (κ3) is 2.64. The molecular weight excluding hydrogens is 310 g/mol. The van der Waals surface area contributed by atoms with Crippen molar-refractivity contribution in [3.8, 4) is 28.7 Å². The molecule has 2 atom stereocenters. The third-order valence-electron chi connectivity index (χ3n) is 4.05. The van der Waals surface area contributed by atoms with Crippen LogP contribution >= 0.6 is 0 Å². The minimum atomic E-state index is -0.561. The van der Waals surface area contributed by atoms with Gasteiger partial charge in [0.05, 0.1) is 24.9 Å². The number of rotatable bonds is 3. The van der Waals surface area contributed by atoms with Gasteiger partial charge in [-0.15, -0.1) is 0 Å². The lowest BCUT2D eigenvalue weighted by atomic mass is 9.94. The number of aromatic hydroxyl groups is 1. The van der Waals surface area contributed by atoms with Crippen LogP contribution in [0.5, 0.6) is 5.75 Å². The molecule has 2 N–H and O–H groups in total. The maximum Gasteiger partial charge on any atom is 0.262 e. The van der Waals surface area contributed by atoms with Crippen LogP contribution in [0.1, 0.15) is 11.5 Å². The van der Waals surface area contributed by atoms with Gasteiger partial charge in [-0.1, -0.05) is 17.3 Å². The van der Waals surface area contributed by atoms with Crippen LogP contribution in [-0.4, -0.2) is 44.7 Å². The lowest BCUT2D eigenvalue weighted by molar-refractivity contribution is 0.124. The van der Waals surface area contributed by atoms with Gasteiger partial charge >= 0.3 is 0 Å². The minimum Gasteiger partial charge on any atom is -0.507 e. The largest absolute Gasteiger partial charge is 0.507 e. The number of hydrogen-bond acceptors (Lipinski definition) is 7. The summed E-state index contributed by atoms with van der Waals surface area (Å²) in [7, 11) is 0. The molecule has 122 valence electrons. The van der Waals surface area contributed by atoms with Crippen molar-refractivity contribution in [3.05, 3.63) is 48.2 Å². The first-order valence-electron chi connectivity index (χ1n) is 7.56. The van der Waals surface area contributed by atoms with E-state index < -0.39 is 6.10 Å². The predicted octanol–water partition coefficient (Wildman–Crippen LogP) is 1.98. The van der Waals surface area contributed by atoms with Gasteiger partial charge in [0.15, 0.2) is 0 Å². The van der Waals surface area contributed by atoms with Crippen molar-refractivity contribution in [2.75, 3.05) is 13.2 Å². The summed E-state index contributed by atoms with van der Waals surface area (Å²) in [6.07, 6.45) is 1.08. The molecule has 3 aromatic rings. The Labute approximate surface area is 137 Å². The lowest BCUT2D eigenvalue weighted by Crippen LogP contribution is -2.15. The molecule has 24 heavy (non-hydrogen) atoms. The van der Waals surface area contributed by atoms with E-state index in [0.29, 0.717) is 30.3 Å². The Morgan fingerprint density at radius 2 is 2.04 bits per heavy atom. The summed E-state index contributed by atoms with van der Waals surface area (Å²) >= 11 is 0. The Morgan fingerprint density at radius 3 is 2.79 bits per heavy atom. The average molecular weight is 325 g/mol. The average Bonchev–Trinajstić information content (AvgIpc) is 3.25. The second kappa shape index (κ2) is 6.03. The zero-order valence-corrected chi connectivity index (χ0v) is 12.7. The van der Waals surface area contributed by atoms with E-state index in [9.17, 15) is 10.2 Å². The number of nitrogens with zero attached hydrogens (tertiary/aromatic N) is 3. The van der Waals surface area contributed by atoms with E-state index in [4.69, 9.17) is 9.26 Å². The van der Waals surface area contributed by atoms with Crippen LogP contribution in [0.4, 0.5) is 0 Å². The zero-order valence-electron chi connectivity index (χ0n) is 12.7. The third-order valence-corrected chi connectivity index (χ3v) is 4.05. The molecule has 0 saturated carbocycles. The van der Waals surface area contributed by atoms with E-state index in [-0.39, 0.29) is 17.6 Å². The number of benzene rings is 1. The fourth-order valence-electron chi connectivity index (χ4n) is 2.75. The maximum absolute atomic E-state index is 10.1. The quantitative estimate of drug-likeness (QED) is 0.759. The molecule has 1 saturated heterocycles. The highest BCUT2D eigenvalue weighted by molar-refractivity contribution is 5.65. The molecule has 3 heterocycles. The summed E-state index contributed by atoms with van der Waals surface area (Å²) in [5, 5.41) is 24.0. The number of hydrogen-bond donors (Lipinski definition) is 2. The zero-order chi connectivity index (χ0) is 16.5. The van der Waals surface area contributed by atoms with Gasteiger partial charge in [0.1, 0.15) is 11.4 Å². The Balaban J connectivity index is 1.70. The maximum atomic E-state index is 10.1. The fraction of sp³-hybridized carbons (Fsp3) is 0.235. The smallest absolute Gasteiger partial charge is 0.262 e. The van der Waals surface area contributed by atoms with E-state index in [1.807, 2.05) is 6.07 Å². The van der Waals surface area contributed by atoms with Crippen molar-refractivity contribution in [1.29, 1.82) is 0 Å².